The highest BCUT2D eigenvalue weighted by atomic mass is 16.5. The summed E-state index contributed by atoms with van der Waals surface area (Å²) in [4.78, 5) is 8.42. The molecular weight excluding hydrogens is 208 g/mol. The highest BCUT2D eigenvalue weighted by Gasteiger charge is 2.19. The molecule has 0 spiro atoms. The molecule has 0 unspecified atom stereocenters. The number of nitrogens with zero attached hydrogens (tertiary/aromatic N) is 3. The largest absolute Gasteiger partial charge is 0.468 e. The van der Waals surface area contributed by atoms with Crippen LogP contribution in [0.2, 0.25) is 0 Å². The lowest BCUT2D eigenvalue weighted by molar-refractivity contribution is 0.397. The molecule has 0 amide bonds. The number of furan rings is 1. The molecule has 6 nitrogen and oxygen atoms in total. The summed E-state index contributed by atoms with van der Waals surface area (Å²) >= 11 is 0. The zero-order valence-electron chi connectivity index (χ0n) is 8.67. The van der Waals surface area contributed by atoms with Gasteiger partial charge in [0.25, 0.3) is 6.02 Å². The number of hydrogen-bond acceptors (Lipinski definition) is 5. The van der Waals surface area contributed by atoms with Crippen molar-refractivity contribution in [2.75, 3.05) is 12.4 Å². The maximum Gasteiger partial charge on any atom is 0.290 e. The number of methoxy groups -OCH3 is 1. The van der Waals surface area contributed by atoms with Gasteiger partial charge in [-0.1, -0.05) is 0 Å². The van der Waals surface area contributed by atoms with Crippen molar-refractivity contribution in [3.63, 3.8) is 0 Å². The monoisotopic (exact) mass is 218 g/mol. The molecule has 1 N–H and O–H groups in total. The second-order valence-electron chi connectivity index (χ2n) is 3.31. The predicted octanol–water partition coefficient (Wildman–Crippen LogP) is 1.39. The molecule has 1 aliphatic rings. The molecule has 0 aliphatic carbocycles. The fraction of sp³-hybridized carbons (Fsp3) is 0.200. The number of nitrogens with one attached hydrogen (secondary N) is 1. The van der Waals surface area contributed by atoms with Crippen molar-refractivity contribution in [2.24, 2.45) is 4.99 Å². The Morgan fingerprint density at radius 1 is 1.56 bits per heavy atom. The molecule has 3 heterocycles. The van der Waals surface area contributed by atoms with Crippen molar-refractivity contribution < 1.29 is 9.15 Å². The van der Waals surface area contributed by atoms with Crippen molar-refractivity contribution in [1.29, 1.82) is 0 Å². The first-order chi connectivity index (χ1) is 7.88. The molecule has 0 bridgehead atoms. The normalized spacial score (nSPS) is 13.9. The van der Waals surface area contributed by atoms with Gasteiger partial charge in [-0.3, -0.25) is 9.88 Å². The van der Waals surface area contributed by atoms with Gasteiger partial charge < -0.3 is 9.15 Å². The minimum atomic E-state index is 0.487. The minimum Gasteiger partial charge on any atom is -0.468 e. The Bertz CT molecular complexity index is 527. The van der Waals surface area contributed by atoms with Gasteiger partial charge in [0.1, 0.15) is 17.8 Å². The number of aliphatic imine (C=N–C) groups is 1. The Morgan fingerprint density at radius 3 is 3.25 bits per heavy atom. The van der Waals surface area contributed by atoms with Crippen LogP contribution in [0.3, 0.4) is 0 Å². The summed E-state index contributed by atoms with van der Waals surface area (Å²) in [6, 6.07) is 4.18. The quantitative estimate of drug-likeness (QED) is 0.785. The third kappa shape index (κ3) is 1.27. The van der Waals surface area contributed by atoms with Crippen LogP contribution in [0.25, 0.3) is 5.88 Å². The summed E-state index contributed by atoms with van der Waals surface area (Å²) in [5, 5.41) is 3.05. The Balaban J connectivity index is 2.03. The van der Waals surface area contributed by atoms with E-state index in [1.54, 1.807) is 19.7 Å². The highest BCUT2D eigenvalue weighted by Crippen LogP contribution is 2.23. The van der Waals surface area contributed by atoms with E-state index in [1.807, 2.05) is 16.7 Å². The van der Waals surface area contributed by atoms with Gasteiger partial charge in [0, 0.05) is 6.07 Å². The van der Waals surface area contributed by atoms with Crippen molar-refractivity contribution in [2.45, 2.75) is 6.54 Å². The second-order valence-corrected chi connectivity index (χ2v) is 3.31. The summed E-state index contributed by atoms with van der Waals surface area (Å²) in [6.45, 7) is 0.513. The van der Waals surface area contributed by atoms with Gasteiger partial charge in [0.2, 0.25) is 5.88 Å². The molecule has 0 saturated carbocycles. The van der Waals surface area contributed by atoms with Crippen LogP contribution in [0, 0.1) is 0 Å². The number of hydrogen-bond donors (Lipinski definition) is 1. The molecule has 0 radical (unpaired) electrons. The van der Waals surface area contributed by atoms with Crippen LogP contribution >= 0.6 is 0 Å². The summed E-state index contributed by atoms with van der Waals surface area (Å²) in [7, 11) is 1.57. The SMILES string of the molecule is COC1=NCc2ncn(-c3ccco3)c2N1. The smallest absolute Gasteiger partial charge is 0.290 e. The number of amidine groups is 1. The second kappa shape index (κ2) is 3.41. The molecule has 0 fully saturated rings. The standard InChI is InChI=1S/C10H10N4O2/c1-15-10-11-5-7-9(13-10)14(6-12-7)8-3-2-4-16-8/h2-4,6H,5H2,1H3,(H,11,13). The van der Waals surface area contributed by atoms with E-state index in [9.17, 15) is 0 Å². The van der Waals surface area contributed by atoms with Crippen LogP contribution in [-0.2, 0) is 11.3 Å². The van der Waals surface area contributed by atoms with E-state index >= 15 is 0 Å². The van der Waals surface area contributed by atoms with Crippen LogP contribution in [0.5, 0.6) is 0 Å². The third-order valence-electron chi connectivity index (χ3n) is 2.38. The van der Waals surface area contributed by atoms with Crippen LogP contribution in [0.15, 0.2) is 34.1 Å². The summed E-state index contributed by atoms with van der Waals surface area (Å²) in [5.41, 5.74) is 0.872. The van der Waals surface area contributed by atoms with Gasteiger partial charge in [0.05, 0.1) is 19.9 Å². The van der Waals surface area contributed by atoms with Crippen LogP contribution < -0.4 is 5.32 Å². The number of ether oxygens (including phenoxy) is 1. The zero-order chi connectivity index (χ0) is 11.0. The summed E-state index contributed by atoms with van der Waals surface area (Å²) in [5.74, 6) is 1.54. The molecule has 16 heavy (non-hydrogen) atoms. The molecule has 82 valence electrons. The average molecular weight is 218 g/mol. The molecule has 0 atom stereocenters. The first-order valence-electron chi connectivity index (χ1n) is 4.84. The van der Waals surface area contributed by atoms with E-state index in [-0.39, 0.29) is 0 Å². The average Bonchev–Trinajstić information content (AvgIpc) is 2.96. The molecule has 3 rings (SSSR count). The zero-order valence-corrected chi connectivity index (χ0v) is 8.67. The molecule has 6 heteroatoms. The summed E-state index contributed by atoms with van der Waals surface area (Å²) < 4.78 is 12.2. The van der Waals surface area contributed by atoms with Gasteiger partial charge in [-0.25, -0.2) is 9.98 Å². The molecule has 0 saturated heterocycles. The predicted molar refractivity (Wildman–Crippen MR) is 57.6 cm³/mol. The van der Waals surface area contributed by atoms with E-state index in [1.165, 1.54) is 0 Å². The van der Waals surface area contributed by atoms with Gasteiger partial charge in [0.15, 0.2) is 0 Å². The van der Waals surface area contributed by atoms with Crippen molar-refractivity contribution >= 4 is 11.8 Å². The maximum absolute atomic E-state index is 5.32. The Hall–Kier alpha value is -2.24. The Morgan fingerprint density at radius 2 is 2.50 bits per heavy atom. The lowest BCUT2D eigenvalue weighted by atomic mass is 10.4. The van der Waals surface area contributed by atoms with Gasteiger partial charge in [-0.05, 0) is 6.07 Å². The number of fused-ring (bicyclic) bond motifs is 1. The van der Waals surface area contributed by atoms with Crippen LogP contribution in [-0.4, -0.2) is 22.7 Å². The molecular formula is C10H10N4O2. The third-order valence-corrected chi connectivity index (χ3v) is 2.38. The lowest BCUT2D eigenvalue weighted by Gasteiger charge is -2.14. The fourth-order valence-electron chi connectivity index (χ4n) is 1.61. The molecule has 2 aromatic heterocycles. The molecule has 2 aromatic rings. The van der Waals surface area contributed by atoms with Gasteiger partial charge >= 0.3 is 0 Å². The highest BCUT2D eigenvalue weighted by molar-refractivity contribution is 5.90. The number of anilines is 1. The fourth-order valence-corrected chi connectivity index (χ4v) is 1.61. The minimum absolute atomic E-state index is 0.487. The van der Waals surface area contributed by atoms with E-state index in [4.69, 9.17) is 9.15 Å². The van der Waals surface area contributed by atoms with Crippen LogP contribution in [0.1, 0.15) is 5.69 Å². The number of rotatable bonds is 1. The Labute approximate surface area is 91.6 Å². The van der Waals surface area contributed by atoms with Crippen molar-refractivity contribution in [3.8, 4) is 5.88 Å². The maximum atomic E-state index is 5.32. The van der Waals surface area contributed by atoms with Crippen molar-refractivity contribution in [1.82, 2.24) is 9.55 Å². The number of imidazole rings is 1. The van der Waals surface area contributed by atoms with E-state index in [0.717, 1.165) is 11.5 Å². The van der Waals surface area contributed by atoms with E-state index < -0.39 is 0 Å². The molecule has 0 aromatic carbocycles. The van der Waals surface area contributed by atoms with Gasteiger partial charge in [-0.2, -0.15) is 0 Å². The van der Waals surface area contributed by atoms with E-state index in [0.29, 0.717) is 18.5 Å². The van der Waals surface area contributed by atoms with Crippen molar-refractivity contribution in [3.05, 3.63) is 30.4 Å². The lowest BCUT2D eigenvalue weighted by Crippen LogP contribution is -2.21. The molecule has 1 aliphatic heterocycles. The topological polar surface area (TPSA) is 64.6 Å². The van der Waals surface area contributed by atoms with Gasteiger partial charge in [-0.15, -0.1) is 0 Å². The Kier molecular flexibility index (Phi) is 1.92. The number of aromatic nitrogens is 2. The van der Waals surface area contributed by atoms with E-state index in [2.05, 4.69) is 15.3 Å². The first kappa shape index (κ1) is 9.02. The summed E-state index contributed by atoms with van der Waals surface area (Å²) in [6.07, 6.45) is 3.32. The van der Waals surface area contributed by atoms with Crippen LogP contribution in [0.4, 0.5) is 5.82 Å². The first-order valence-corrected chi connectivity index (χ1v) is 4.84.